The summed E-state index contributed by atoms with van der Waals surface area (Å²) in [5, 5.41) is 0. The number of ether oxygens (including phenoxy) is 3. The van der Waals surface area contributed by atoms with Crippen molar-refractivity contribution in [3.05, 3.63) is 12.2 Å². The van der Waals surface area contributed by atoms with E-state index in [1.165, 1.54) is 7.11 Å². The number of carbonyl (C=O) groups is 4. The van der Waals surface area contributed by atoms with E-state index in [9.17, 15) is 19.2 Å². The summed E-state index contributed by atoms with van der Waals surface area (Å²) < 4.78 is 13.7. The number of hydrogen-bond donors (Lipinski definition) is 0. The van der Waals surface area contributed by atoms with Crippen LogP contribution in [0.5, 0.6) is 0 Å². The Kier molecular flexibility index (Phi) is 5.68. The van der Waals surface area contributed by atoms with Crippen LogP contribution in [0, 0.1) is 0 Å². The molecule has 0 aromatic rings. The predicted octanol–water partition coefficient (Wildman–Crippen LogP) is -1.36. The number of carbonyl (C=O) groups excluding carboxylic acids is 4. The molecule has 1 saturated heterocycles. The van der Waals surface area contributed by atoms with Gasteiger partial charge in [0.2, 0.25) is 0 Å². The number of methoxy groups -OCH3 is 1. The number of morpholine rings is 1. The van der Waals surface area contributed by atoms with Crippen LogP contribution in [0.25, 0.3) is 0 Å². The molecule has 0 aromatic carbocycles. The molecule has 104 valence electrons. The highest BCUT2D eigenvalue weighted by Crippen LogP contribution is 2.00. The van der Waals surface area contributed by atoms with Crippen LogP contribution in [0.4, 0.5) is 0 Å². The summed E-state index contributed by atoms with van der Waals surface area (Å²) in [6, 6.07) is 0. The van der Waals surface area contributed by atoms with Crippen molar-refractivity contribution in [1.29, 1.82) is 0 Å². The van der Waals surface area contributed by atoms with Crippen molar-refractivity contribution in [3.8, 4) is 0 Å². The van der Waals surface area contributed by atoms with E-state index < -0.39 is 23.8 Å². The molecule has 0 aliphatic carbocycles. The molecule has 1 aliphatic heterocycles. The van der Waals surface area contributed by atoms with Gasteiger partial charge in [0, 0.05) is 12.2 Å². The topological polar surface area (TPSA) is 99.2 Å². The molecule has 0 spiro atoms. The number of esters is 2. The zero-order valence-electron chi connectivity index (χ0n) is 10.3. The molecule has 19 heavy (non-hydrogen) atoms. The summed E-state index contributed by atoms with van der Waals surface area (Å²) in [4.78, 5) is 45.4. The first-order chi connectivity index (χ1) is 9.04. The highest BCUT2D eigenvalue weighted by Gasteiger charge is 2.26. The van der Waals surface area contributed by atoms with Gasteiger partial charge in [0.05, 0.1) is 13.7 Å². The maximum atomic E-state index is 11.3. The lowest BCUT2D eigenvalue weighted by molar-refractivity contribution is -0.160. The molecule has 0 saturated carbocycles. The van der Waals surface area contributed by atoms with Gasteiger partial charge in [-0.3, -0.25) is 14.5 Å². The lowest BCUT2D eigenvalue weighted by atomic mass is 10.4. The minimum Gasteiger partial charge on any atom is -0.466 e. The molecule has 1 rings (SSSR count). The summed E-state index contributed by atoms with van der Waals surface area (Å²) in [6.45, 7) is -0.523. The predicted molar refractivity (Wildman–Crippen MR) is 59.7 cm³/mol. The Balaban J connectivity index is 2.31. The normalized spacial score (nSPS) is 15.7. The van der Waals surface area contributed by atoms with Crippen molar-refractivity contribution in [2.24, 2.45) is 0 Å². The fourth-order valence-electron chi connectivity index (χ4n) is 1.26. The molecular weight excluding hydrogens is 258 g/mol. The second-order valence-electron chi connectivity index (χ2n) is 3.46. The van der Waals surface area contributed by atoms with E-state index in [1.807, 2.05) is 0 Å². The van der Waals surface area contributed by atoms with Crippen molar-refractivity contribution in [3.63, 3.8) is 0 Å². The molecular formula is C11H13NO7. The maximum Gasteiger partial charge on any atom is 0.331 e. The summed E-state index contributed by atoms with van der Waals surface area (Å²) >= 11 is 0. The molecule has 1 heterocycles. The van der Waals surface area contributed by atoms with Gasteiger partial charge in [0.25, 0.3) is 11.8 Å². The van der Waals surface area contributed by atoms with E-state index in [2.05, 4.69) is 4.74 Å². The van der Waals surface area contributed by atoms with Gasteiger partial charge in [-0.2, -0.15) is 0 Å². The number of amides is 2. The van der Waals surface area contributed by atoms with E-state index in [-0.39, 0.29) is 26.4 Å². The van der Waals surface area contributed by atoms with E-state index in [4.69, 9.17) is 9.47 Å². The third kappa shape index (κ3) is 4.88. The van der Waals surface area contributed by atoms with Crippen LogP contribution in [0.15, 0.2) is 12.2 Å². The second kappa shape index (κ2) is 7.27. The minimum absolute atomic E-state index is 0.0428. The SMILES string of the molecule is COC(=O)/C=C/C(=O)OCCN1C(=O)COCC1=O. The van der Waals surface area contributed by atoms with Gasteiger partial charge in [-0.1, -0.05) is 0 Å². The van der Waals surface area contributed by atoms with Crippen molar-refractivity contribution < 1.29 is 33.4 Å². The first-order valence-corrected chi connectivity index (χ1v) is 5.38. The largest absolute Gasteiger partial charge is 0.466 e. The molecule has 0 aromatic heterocycles. The Hall–Kier alpha value is -2.22. The zero-order valence-corrected chi connectivity index (χ0v) is 10.3. The Bertz CT molecular complexity index is 399. The van der Waals surface area contributed by atoms with Crippen molar-refractivity contribution in [1.82, 2.24) is 4.90 Å². The van der Waals surface area contributed by atoms with Crippen LogP contribution < -0.4 is 0 Å². The van der Waals surface area contributed by atoms with E-state index in [0.29, 0.717) is 0 Å². The molecule has 0 N–H and O–H groups in total. The molecule has 8 nitrogen and oxygen atoms in total. The smallest absolute Gasteiger partial charge is 0.331 e. The monoisotopic (exact) mass is 271 g/mol. The average molecular weight is 271 g/mol. The molecule has 0 radical (unpaired) electrons. The van der Waals surface area contributed by atoms with Gasteiger partial charge in [-0.15, -0.1) is 0 Å². The van der Waals surface area contributed by atoms with Crippen LogP contribution >= 0.6 is 0 Å². The van der Waals surface area contributed by atoms with Gasteiger partial charge in [0.15, 0.2) is 0 Å². The molecule has 1 aliphatic rings. The minimum atomic E-state index is -0.765. The lowest BCUT2D eigenvalue weighted by Gasteiger charge is -2.24. The summed E-state index contributed by atoms with van der Waals surface area (Å²) in [5.41, 5.74) is 0. The summed E-state index contributed by atoms with van der Waals surface area (Å²) in [7, 11) is 1.17. The molecule has 1 fully saturated rings. The molecule has 8 heteroatoms. The van der Waals surface area contributed by atoms with Gasteiger partial charge < -0.3 is 14.2 Å². The van der Waals surface area contributed by atoms with Crippen LogP contribution in [0.1, 0.15) is 0 Å². The lowest BCUT2D eigenvalue weighted by Crippen LogP contribution is -2.47. The highest BCUT2D eigenvalue weighted by molar-refractivity contribution is 5.98. The first kappa shape index (κ1) is 14.8. The highest BCUT2D eigenvalue weighted by atomic mass is 16.5. The maximum absolute atomic E-state index is 11.3. The number of imide groups is 1. The van der Waals surface area contributed by atoms with Crippen molar-refractivity contribution in [2.75, 3.05) is 33.5 Å². The Morgan fingerprint density at radius 2 is 1.79 bits per heavy atom. The first-order valence-electron chi connectivity index (χ1n) is 5.38. The number of nitrogens with zero attached hydrogens (tertiary/aromatic N) is 1. The van der Waals surface area contributed by atoms with Crippen LogP contribution in [-0.4, -0.2) is 62.1 Å². The summed E-state index contributed by atoms with van der Waals surface area (Å²) in [6.07, 6.45) is 1.81. The van der Waals surface area contributed by atoms with Gasteiger partial charge in [-0.05, 0) is 0 Å². The molecule has 0 unspecified atom stereocenters. The third-order valence-electron chi connectivity index (χ3n) is 2.17. The van der Waals surface area contributed by atoms with E-state index in [1.54, 1.807) is 0 Å². The van der Waals surface area contributed by atoms with Crippen LogP contribution in [-0.2, 0) is 33.4 Å². The van der Waals surface area contributed by atoms with Gasteiger partial charge in [-0.25, -0.2) is 9.59 Å². The van der Waals surface area contributed by atoms with E-state index >= 15 is 0 Å². The Morgan fingerprint density at radius 3 is 2.37 bits per heavy atom. The Labute approximate surface area is 108 Å². The third-order valence-corrected chi connectivity index (χ3v) is 2.17. The zero-order chi connectivity index (χ0) is 14.3. The standard InChI is InChI=1S/C11H13NO7/c1-17-10(15)2-3-11(16)19-5-4-12-8(13)6-18-7-9(12)14/h2-3H,4-7H2,1H3/b3-2+. The van der Waals surface area contributed by atoms with Gasteiger partial charge in [0.1, 0.15) is 19.8 Å². The Morgan fingerprint density at radius 1 is 1.21 bits per heavy atom. The molecule has 2 amide bonds. The van der Waals surface area contributed by atoms with Crippen LogP contribution in [0.2, 0.25) is 0 Å². The number of rotatable bonds is 5. The van der Waals surface area contributed by atoms with Crippen LogP contribution in [0.3, 0.4) is 0 Å². The quantitative estimate of drug-likeness (QED) is 0.346. The van der Waals surface area contributed by atoms with Crippen molar-refractivity contribution in [2.45, 2.75) is 0 Å². The number of hydrogen-bond acceptors (Lipinski definition) is 7. The fraction of sp³-hybridized carbons (Fsp3) is 0.455. The average Bonchev–Trinajstić information content (AvgIpc) is 2.39. The molecule has 0 atom stereocenters. The summed E-state index contributed by atoms with van der Waals surface area (Å²) in [5.74, 6) is -2.40. The molecule has 0 bridgehead atoms. The van der Waals surface area contributed by atoms with E-state index in [0.717, 1.165) is 17.1 Å². The second-order valence-corrected chi connectivity index (χ2v) is 3.46. The van der Waals surface area contributed by atoms with Gasteiger partial charge >= 0.3 is 11.9 Å². The fourth-order valence-corrected chi connectivity index (χ4v) is 1.26. The van der Waals surface area contributed by atoms with Crippen molar-refractivity contribution >= 4 is 23.8 Å².